The molecule has 9 heteroatoms. The number of rotatable bonds is 5. The van der Waals surface area contributed by atoms with Crippen molar-refractivity contribution in [3.8, 4) is 22.1 Å². The van der Waals surface area contributed by atoms with Gasteiger partial charge in [0.2, 0.25) is 5.13 Å². The highest BCUT2D eigenvalue weighted by atomic mass is 35.5. The first-order valence-electron chi connectivity index (χ1n) is 8.26. The summed E-state index contributed by atoms with van der Waals surface area (Å²) in [5, 5.41) is 14.9. The van der Waals surface area contributed by atoms with Gasteiger partial charge in [-0.1, -0.05) is 69.9 Å². The molecule has 0 amide bonds. The van der Waals surface area contributed by atoms with E-state index < -0.39 is 0 Å². The van der Waals surface area contributed by atoms with Gasteiger partial charge in [-0.25, -0.2) is 0 Å². The van der Waals surface area contributed by atoms with Crippen molar-refractivity contribution in [2.75, 3.05) is 5.32 Å². The molecule has 0 unspecified atom stereocenters. The molecule has 146 valence electrons. The molecule has 0 radical (unpaired) electrons. The second-order valence-corrected chi connectivity index (χ2v) is 8.57. The Labute approximate surface area is 191 Å². The number of ether oxygens (including phenoxy) is 1. The summed E-state index contributed by atoms with van der Waals surface area (Å²) in [6.07, 6.45) is 0. The molecule has 29 heavy (non-hydrogen) atoms. The van der Waals surface area contributed by atoms with Crippen LogP contribution < -0.4 is 10.1 Å². The highest BCUT2D eigenvalue weighted by Crippen LogP contribution is 2.34. The van der Waals surface area contributed by atoms with Crippen molar-refractivity contribution in [2.24, 2.45) is 0 Å². The minimum Gasteiger partial charge on any atom is -0.457 e. The maximum atomic E-state index is 6.05. The molecule has 0 aliphatic carbocycles. The predicted molar refractivity (Wildman–Crippen MR) is 122 cm³/mol. The smallest absolute Gasteiger partial charge is 0.210 e. The fraction of sp³-hybridized carbons (Fsp3) is 0. The number of hydrogen-bond donors (Lipinski definition) is 1. The zero-order valence-corrected chi connectivity index (χ0v) is 18.3. The van der Waals surface area contributed by atoms with Gasteiger partial charge in [0, 0.05) is 21.3 Å². The zero-order chi connectivity index (χ0) is 20.4. The van der Waals surface area contributed by atoms with Crippen LogP contribution in [0.2, 0.25) is 20.1 Å². The quantitative estimate of drug-likeness (QED) is 0.310. The topological polar surface area (TPSA) is 47.0 Å². The normalized spacial score (nSPS) is 10.8. The number of halogens is 4. The Hall–Kier alpha value is -2.02. The predicted octanol–water partition coefficient (Wildman–Crippen LogP) is 8.35. The largest absolute Gasteiger partial charge is 0.457 e. The molecule has 0 fully saturated rings. The maximum Gasteiger partial charge on any atom is 0.210 e. The summed E-state index contributed by atoms with van der Waals surface area (Å²) in [6, 6.07) is 17.8. The molecule has 1 aromatic heterocycles. The van der Waals surface area contributed by atoms with Gasteiger partial charge in [-0.05, 0) is 48.5 Å². The van der Waals surface area contributed by atoms with Gasteiger partial charge >= 0.3 is 0 Å². The lowest BCUT2D eigenvalue weighted by Gasteiger charge is -2.07. The van der Waals surface area contributed by atoms with Crippen LogP contribution in [0.25, 0.3) is 10.6 Å². The number of hydrogen-bond acceptors (Lipinski definition) is 5. The van der Waals surface area contributed by atoms with Crippen molar-refractivity contribution in [2.45, 2.75) is 0 Å². The van der Waals surface area contributed by atoms with E-state index in [1.54, 1.807) is 30.3 Å². The lowest BCUT2D eigenvalue weighted by Crippen LogP contribution is -1.89. The van der Waals surface area contributed by atoms with Crippen molar-refractivity contribution < 1.29 is 4.74 Å². The van der Waals surface area contributed by atoms with E-state index in [1.165, 1.54) is 11.3 Å². The van der Waals surface area contributed by atoms with Crippen LogP contribution in [0.15, 0.2) is 60.7 Å². The van der Waals surface area contributed by atoms with E-state index in [0.717, 1.165) is 16.3 Å². The zero-order valence-electron chi connectivity index (χ0n) is 14.5. The molecule has 0 saturated carbocycles. The molecule has 4 rings (SSSR count). The molecule has 1 N–H and O–H groups in total. The monoisotopic (exact) mass is 481 g/mol. The van der Waals surface area contributed by atoms with Crippen molar-refractivity contribution in [1.82, 2.24) is 10.2 Å². The number of aromatic nitrogens is 2. The van der Waals surface area contributed by atoms with Gasteiger partial charge in [0.25, 0.3) is 0 Å². The maximum absolute atomic E-state index is 6.05. The number of anilines is 2. The average Bonchev–Trinajstić information content (AvgIpc) is 3.13. The van der Waals surface area contributed by atoms with Gasteiger partial charge in [0.05, 0.1) is 10.0 Å². The molecule has 3 aromatic carbocycles. The van der Waals surface area contributed by atoms with Gasteiger partial charge < -0.3 is 10.1 Å². The Morgan fingerprint density at radius 1 is 0.759 bits per heavy atom. The molecule has 0 spiro atoms. The lowest BCUT2D eigenvalue weighted by atomic mass is 10.2. The molecule has 1 heterocycles. The summed E-state index contributed by atoms with van der Waals surface area (Å²) >= 11 is 25.5. The Bertz CT molecular complexity index is 1160. The molecule has 0 aliphatic heterocycles. The second-order valence-electron chi connectivity index (χ2n) is 5.90. The highest BCUT2D eigenvalue weighted by Gasteiger charge is 2.10. The SMILES string of the molecule is Clc1cc(Cl)cc(Oc2cccc(-c3nnc(Nc4ccc(Cl)c(Cl)c4)s3)c2)c1. The first-order chi connectivity index (χ1) is 14.0. The van der Waals surface area contributed by atoms with Gasteiger partial charge in [-0.2, -0.15) is 0 Å². The van der Waals surface area contributed by atoms with E-state index in [0.29, 0.717) is 36.7 Å². The summed E-state index contributed by atoms with van der Waals surface area (Å²) in [5.74, 6) is 1.19. The molecule has 0 bridgehead atoms. The summed E-state index contributed by atoms with van der Waals surface area (Å²) in [6.45, 7) is 0. The molecule has 0 saturated heterocycles. The van der Waals surface area contributed by atoms with Crippen LogP contribution in [0.1, 0.15) is 0 Å². The number of nitrogens with one attached hydrogen (secondary N) is 1. The van der Waals surface area contributed by atoms with Gasteiger partial charge in [-0.15, -0.1) is 10.2 Å². The standard InChI is InChI=1S/C20H11Cl4N3OS/c21-12-7-13(22)9-16(8-12)28-15-3-1-2-11(6-15)19-26-27-20(29-19)25-14-4-5-17(23)18(24)10-14/h1-10H,(H,25,27). The van der Waals surface area contributed by atoms with Gasteiger partial charge in [0.15, 0.2) is 0 Å². The van der Waals surface area contributed by atoms with Crippen molar-refractivity contribution in [3.05, 3.63) is 80.8 Å². The number of nitrogens with zero attached hydrogens (tertiary/aromatic N) is 2. The Morgan fingerprint density at radius 2 is 1.55 bits per heavy atom. The average molecular weight is 483 g/mol. The summed E-state index contributed by atoms with van der Waals surface area (Å²) in [7, 11) is 0. The molecule has 0 atom stereocenters. The van der Waals surface area contributed by atoms with E-state index in [4.69, 9.17) is 51.1 Å². The van der Waals surface area contributed by atoms with Crippen molar-refractivity contribution in [1.29, 1.82) is 0 Å². The summed E-state index contributed by atoms with van der Waals surface area (Å²) in [4.78, 5) is 0. The van der Waals surface area contributed by atoms with Crippen LogP contribution in [-0.4, -0.2) is 10.2 Å². The van der Waals surface area contributed by atoms with Crippen LogP contribution >= 0.6 is 57.7 Å². The lowest BCUT2D eigenvalue weighted by molar-refractivity contribution is 0.483. The van der Waals surface area contributed by atoms with Crippen LogP contribution in [0.5, 0.6) is 11.5 Å². The highest BCUT2D eigenvalue weighted by molar-refractivity contribution is 7.18. The number of benzene rings is 3. The van der Waals surface area contributed by atoms with E-state index in [9.17, 15) is 0 Å². The molecule has 4 aromatic rings. The fourth-order valence-corrected chi connectivity index (χ4v) is 4.07. The first kappa shape index (κ1) is 20.3. The molecular formula is C20H11Cl4N3OS. The van der Waals surface area contributed by atoms with E-state index in [2.05, 4.69) is 15.5 Å². The Morgan fingerprint density at radius 3 is 2.31 bits per heavy atom. The van der Waals surface area contributed by atoms with Crippen molar-refractivity contribution in [3.63, 3.8) is 0 Å². The van der Waals surface area contributed by atoms with E-state index in [-0.39, 0.29) is 0 Å². The molecule has 0 aliphatic rings. The van der Waals surface area contributed by atoms with Crippen LogP contribution in [0.4, 0.5) is 10.8 Å². The van der Waals surface area contributed by atoms with Gasteiger partial charge in [-0.3, -0.25) is 0 Å². The van der Waals surface area contributed by atoms with Gasteiger partial charge in [0.1, 0.15) is 16.5 Å². The summed E-state index contributed by atoms with van der Waals surface area (Å²) in [5.41, 5.74) is 1.65. The van der Waals surface area contributed by atoms with E-state index in [1.807, 2.05) is 30.3 Å². The minimum atomic E-state index is 0.465. The third kappa shape index (κ3) is 5.13. The summed E-state index contributed by atoms with van der Waals surface area (Å²) < 4.78 is 5.87. The first-order valence-corrected chi connectivity index (χ1v) is 10.6. The minimum absolute atomic E-state index is 0.465. The second kappa shape index (κ2) is 8.78. The molecule has 4 nitrogen and oxygen atoms in total. The molecular weight excluding hydrogens is 472 g/mol. The van der Waals surface area contributed by atoms with Crippen LogP contribution in [-0.2, 0) is 0 Å². The van der Waals surface area contributed by atoms with Crippen molar-refractivity contribution >= 4 is 68.6 Å². The van der Waals surface area contributed by atoms with Crippen LogP contribution in [0.3, 0.4) is 0 Å². The van der Waals surface area contributed by atoms with Crippen LogP contribution in [0, 0.1) is 0 Å². The Balaban J connectivity index is 1.53. The fourth-order valence-electron chi connectivity index (χ4n) is 2.50. The third-order valence-electron chi connectivity index (χ3n) is 3.75. The van der Waals surface area contributed by atoms with E-state index >= 15 is 0 Å². The third-order valence-corrected chi connectivity index (χ3v) is 5.81. The Kier molecular flexibility index (Phi) is 6.13.